The lowest BCUT2D eigenvalue weighted by Crippen LogP contribution is -2.02. The summed E-state index contributed by atoms with van der Waals surface area (Å²) in [5, 5.41) is 1.72. The molecule has 0 fully saturated rings. The fourth-order valence-electron chi connectivity index (χ4n) is 2.10. The number of fused-ring (bicyclic) bond motifs is 1. The van der Waals surface area contributed by atoms with Crippen LogP contribution in [0.5, 0.6) is 0 Å². The Labute approximate surface area is 109 Å². The SMILES string of the molecule is O=C(c1cccc(F)c1)c1cccc2ccncc12. The van der Waals surface area contributed by atoms with Crippen molar-refractivity contribution in [3.05, 3.63) is 77.9 Å². The molecule has 0 bridgehead atoms. The molecule has 0 atom stereocenters. The minimum Gasteiger partial charge on any atom is -0.289 e. The second kappa shape index (κ2) is 4.61. The molecule has 0 unspecified atom stereocenters. The topological polar surface area (TPSA) is 30.0 Å². The number of carbonyl (C=O) groups is 1. The zero-order chi connectivity index (χ0) is 13.2. The van der Waals surface area contributed by atoms with Crippen LogP contribution in [0.25, 0.3) is 10.8 Å². The lowest BCUT2D eigenvalue weighted by atomic mass is 9.98. The minimum atomic E-state index is -0.413. The maximum atomic E-state index is 13.2. The number of nitrogens with zero attached hydrogens (tertiary/aromatic N) is 1. The van der Waals surface area contributed by atoms with Gasteiger partial charge in [0.1, 0.15) is 5.82 Å². The Morgan fingerprint density at radius 2 is 1.89 bits per heavy atom. The average Bonchev–Trinajstić information content (AvgIpc) is 2.46. The van der Waals surface area contributed by atoms with Crippen molar-refractivity contribution in [2.24, 2.45) is 0 Å². The van der Waals surface area contributed by atoms with Crippen LogP contribution in [0.3, 0.4) is 0 Å². The third kappa shape index (κ3) is 2.10. The van der Waals surface area contributed by atoms with Gasteiger partial charge in [0.05, 0.1) is 0 Å². The van der Waals surface area contributed by atoms with Crippen LogP contribution in [0.1, 0.15) is 15.9 Å². The molecule has 1 aromatic heterocycles. The highest BCUT2D eigenvalue weighted by Crippen LogP contribution is 2.20. The van der Waals surface area contributed by atoms with Gasteiger partial charge in [-0.15, -0.1) is 0 Å². The van der Waals surface area contributed by atoms with Gasteiger partial charge in [0.2, 0.25) is 0 Å². The van der Waals surface area contributed by atoms with Crippen LogP contribution >= 0.6 is 0 Å². The van der Waals surface area contributed by atoms with E-state index in [9.17, 15) is 9.18 Å². The Bertz CT molecular complexity index is 762. The number of aromatic nitrogens is 1. The molecule has 92 valence electrons. The van der Waals surface area contributed by atoms with Crippen LogP contribution in [0.15, 0.2) is 60.9 Å². The first kappa shape index (κ1) is 11.5. The molecule has 0 saturated carbocycles. The molecule has 19 heavy (non-hydrogen) atoms. The number of rotatable bonds is 2. The van der Waals surface area contributed by atoms with E-state index in [4.69, 9.17) is 0 Å². The van der Waals surface area contributed by atoms with Gasteiger partial charge < -0.3 is 0 Å². The van der Waals surface area contributed by atoms with Crippen LogP contribution in [0.2, 0.25) is 0 Å². The lowest BCUT2D eigenvalue weighted by Gasteiger charge is -2.05. The van der Waals surface area contributed by atoms with Crippen molar-refractivity contribution < 1.29 is 9.18 Å². The normalized spacial score (nSPS) is 10.6. The number of benzene rings is 2. The fraction of sp³-hybridized carbons (Fsp3) is 0. The van der Waals surface area contributed by atoms with Gasteiger partial charge in [-0.25, -0.2) is 4.39 Å². The number of hydrogen-bond donors (Lipinski definition) is 0. The first-order chi connectivity index (χ1) is 9.25. The van der Waals surface area contributed by atoms with Crippen molar-refractivity contribution in [2.75, 3.05) is 0 Å². The van der Waals surface area contributed by atoms with Crippen LogP contribution in [0.4, 0.5) is 4.39 Å². The maximum Gasteiger partial charge on any atom is 0.193 e. The molecule has 0 spiro atoms. The third-order valence-corrected chi connectivity index (χ3v) is 3.02. The van der Waals surface area contributed by atoms with Crippen molar-refractivity contribution in [3.8, 4) is 0 Å². The number of carbonyl (C=O) groups excluding carboxylic acids is 1. The molecular formula is C16H10FNO. The fourth-order valence-corrected chi connectivity index (χ4v) is 2.10. The van der Waals surface area contributed by atoms with E-state index in [0.29, 0.717) is 11.1 Å². The molecule has 0 radical (unpaired) electrons. The second-order valence-corrected chi connectivity index (χ2v) is 4.24. The lowest BCUT2D eigenvalue weighted by molar-refractivity contribution is 0.104. The predicted octanol–water partition coefficient (Wildman–Crippen LogP) is 3.60. The molecular weight excluding hydrogens is 241 g/mol. The van der Waals surface area contributed by atoms with Crippen LogP contribution in [-0.2, 0) is 0 Å². The standard InChI is InChI=1S/C16H10FNO/c17-13-5-1-4-12(9-13)16(19)14-6-2-3-11-7-8-18-10-15(11)14/h1-10H. The van der Waals surface area contributed by atoms with E-state index in [0.717, 1.165) is 10.8 Å². The zero-order valence-electron chi connectivity index (χ0n) is 10.0. The van der Waals surface area contributed by atoms with Crippen molar-refractivity contribution in [2.45, 2.75) is 0 Å². The molecule has 0 saturated heterocycles. The van der Waals surface area contributed by atoms with Gasteiger partial charge in [0, 0.05) is 28.9 Å². The van der Waals surface area contributed by atoms with Crippen molar-refractivity contribution >= 4 is 16.6 Å². The van der Waals surface area contributed by atoms with Gasteiger partial charge in [-0.3, -0.25) is 9.78 Å². The quantitative estimate of drug-likeness (QED) is 0.651. The summed E-state index contributed by atoms with van der Waals surface area (Å²) in [6.07, 6.45) is 3.33. The third-order valence-electron chi connectivity index (χ3n) is 3.02. The van der Waals surface area contributed by atoms with E-state index >= 15 is 0 Å². The molecule has 2 aromatic carbocycles. The van der Waals surface area contributed by atoms with Crippen molar-refractivity contribution in [1.29, 1.82) is 0 Å². The Hall–Kier alpha value is -2.55. The maximum absolute atomic E-state index is 13.2. The highest BCUT2D eigenvalue weighted by atomic mass is 19.1. The van der Waals surface area contributed by atoms with Gasteiger partial charge in [-0.2, -0.15) is 0 Å². The Morgan fingerprint density at radius 1 is 1.05 bits per heavy atom. The Balaban J connectivity index is 2.17. The summed E-state index contributed by atoms with van der Waals surface area (Å²) in [5.74, 6) is -0.609. The summed E-state index contributed by atoms with van der Waals surface area (Å²) in [6, 6.07) is 13.0. The van der Waals surface area contributed by atoms with Crippen LogP contribution in [-0.4, -0.2) is 10.8 Å². The van der Waals surface area contributed by atoms with E-state index in [1.54, 1.807) is 24.5 Å². The van der Waals surface area contributed by atoms with Crippen LogP contribution in [0, 0.1) is 5.82 Å². The van der Waals surface area contributed by atoms with Gasteiger partial charge >= 0.3 is 0 Å². The van der Waals surface area contributed by atoms with E-state index in [-0.39, 0.29) is 5.78 Å². The smallest absolute Gasteiger partial charge is 0.193 e. The van der Waals surface area contributed by atoms with E-state index < -0.39 is 5.82 Å². The monoisotopic (exact) mass is 251 g/mol. The van der Waals surface area contributed by atoms with Gasteiger partial charge in [-0.05, 0) is 23.6 Å². The van der Waals surface area contributed by atoms with Crippen molar-refractivity contribution in [3.63, 3.8) is 0 Å². The molecule has 0 N–H and O–H groups in total. The molecule has 0 aliphatic heterocycles. The summed E-state index contributed by atoms with van der Waals surface area (Å²) in [7, 11) is 0. The summed E-state index contributed by atoms with van der Waals surface area (Å²) < 4.78 is 13.2. The summed E-state index contributed by atoms with van der Waals surface area (Å²) in [5.41, 5.74) is 0.882. The summed E-state index contributed by atoms with van der Waals surface area (Å²) >= 11 is 0. The highest BCUT2D eigenvalue weighted by molar-refractivity contribution is 6.16. The number of pyridine rings is 1. The predicted molar refractivity (Wildman–Crippen MR) is 71.6 cm³/mol. The van der Waals surface area contributed by atoms with Gasteiger partial charge in [0.15, 0.2) is 5.78 Å². The van der Waals surface area contributed by atoms with Crippen LogP contribution < -0.4 is 0 Å². The molecule has 2 nitrogen and oxygen atoms in total. The van der Waals surface area contributed by atoms with E-state index in [2.05, 4.69) is 4.98 Å². The molecule has 3 rings (SSSR count). The minimum absolute atomic E-state index is 0.196. The van der Waals surface area contributed by atoms with Crippen molar-refractivity contribution in [1.82, 2.24) is 4.98 Å². The first-order valence-corrected chi connectivity index (χ1v) is 5.89. The highest BCUT2D eigenvalue weighted by Gasteiger charge is 2.12. The largest absolute Gasteiger partial charge is 0.289 e. The number of ketones is 1. The molecule has 0 aliphatic rings. The Morgan fingerprint density at radius 3 is 2.74 bits per heavy atom. The molecule has 0 amide bonds. The second-order valence-electron chi connectivity index (χ2n) is 4.24. The number of hydrogen-bond acceptors (Lipinski definition) is 2. The molecule has 1 heterocycles. The van der Waals surface area contributed by atoms with Gasteiger partial charge in [0.25, 0.3) is 0 Å². The Kier molecular flexibility index (Phi) is 2.80. The van der Waals surface area contributed by atoms with E-state index in [1.165, 1.54) is 18.2 Å². The van der Waals surface area contributed by atoms with Gasteiger partial charge in [-0.1, -0.05) is 30.3 Å². The average molecular weight is 251 g/mol. The molecule has 3 heteroatoms. The number of halogens is 1. The summed E-state index contributed by atoms with van der Waals surface area (Å²) in [4.78, 5) is 16.5. The first-order valence-electron chi connectivity index (χ1n) is 5.89. The molecule has 3 aromatic rings. The van der Waals surface area contributed by atoms with E-state index in [1.807, 2.05) is 18.2 Å². The molecule has 0 aliphatic carbocycles. The summed E-state index contributed by atoms with van der Waals surface area (Å²) in [6.45, 7) is 0. The zero-order valence-corrected chi connectivity index (χ0v) is 10.0.